The number of rotatable bonds is 2. The fraction of sp³-hybridized carbons (Fsp3) is 0.833. The highest BCUT2D eigenvalue weighted by Gasteiger charge is 2.11. The quantitative estimate of drug-likeness (QED) is 0.588. The van der Waals surface area contributed by atoms with Gasteiger partial charge >= 0.3 is 0 Å². The fourth-order valence-electron chi connectivity index (χ4n) is 0.899. The molecule has 3 nitrogen and oxygen atoms in total. The molecule has 1 N–H and O–H groups in total. The van der Waals surface area contributed by atoms with E-state index in [9.17, 15) is 0 Å². The summed E-state index contributed by atoms with van der Waals surface area (Å²) in [5, 5.41) is 3.92. The first-order valence-electron chi connectivity index (χ1n) is 3.39. The largest absolute Gasteiger partial charge is 0.340 e. The van der Waals surface area contributed by atoms with Gasteiger partial charge in [-0.15, -0.1) is 0 Å². The van der Waals surface area contributed by atoms with E-state index in [1.807, 2.05) is 6.34 Å². The second-order valence-electron chi connectivity index (χ2n) is 2.29. The van der Waals surface area contributed by atoms with Crippen LogP contribution in [0.5, 0.6) is 0 Å². The zero-order valence-corrected chi connectivity index (χ0v) is 5.96. The standard InChI is InChI=1S/C6H13N3/c1-3-4-9-5-7-8-6(9)2/h5-6,8H,3-4H2,1-2H3. The molecular formula is C6H13N3. The van der Waals surface area contributed by atoms with Gasteiger partial charge in [-0.1, -0.05) is 6.92 Å². The van der Waals surface area contributed by atoms with Crippen molar-refractivity contribution in [2.45, 2.75) is 26.4 Å². The zero-order valence-electron chi connectivity index (χ0n) is 5.96. The van der Waals surface area contributed by atoms with E-state index < -0.39 is 0 Å². The van der Waals surface area contributed by atoms with Crippen molar-refractivity contribution in [2.75, 3.05) is 6.54 Å². The molecule has 3 heteroatoms. The van der Waals surface area contributed by atoms with E-state index in [1.165, 1.54) is 6.42 Å². The van der Waals surface area contributed by atoms with Crippen molar-refractivity contribution in [3.8, 4) is 0 Å². The third-order valence-corrected chi connectivity index (χ3v) is 1.45. The van der Waals surface area contributed by atoms with Crippen molar-refractivity contribution in [3.05, 3.63) is 0 Å². The molecule has 0 aliphatic carbocycles. The lowest BCUT2D eigenvalue weighted by molar-refractivity contribution is 0.327. The van der Waals surface area contributed by atoms with E-state index in [0.29, 0.717) is 6.17 Å². The molecular weight excluding hydrogens is 114 g/mol. The van der Waals surface area contributed by atoms with Gasteiger partial charge in [-0.2, -0.15) is 5.10 Å². The summed E-state index contributed by atoms with van der Waals surface area (Å²) in [5.74, 6) is 0. The first-order valence-corrected chi connectivity index (χ1v) is 3.39. The van der Waals surface area contributed by atoms with Crippen molar-refractivity contribution in [2.24, 2.45) is 5.10 Å². The molecule has 0 spiro atoms. The molecule has 0 aromatic carbocycles. The topological polar surface area (TPSA) is 27.6 Å². The summed E-state index contributed by atoms with van der Waals surface area (Å²) in [6, 6.07) is 0. The van der Waals surface area contributed by atoms with Gasteiger partial charge in [-0.25, -0.2) is 0 Å². The predicted octanol–water partition coefficient (Wildman–Crippen LogP) is 0.591. The lowest BCUT2D eigenvalue weighted by Crippen LogP contribution is -2.34. The lowest BCUT2D eigenvalue weighted by atomic mass is 10.4. The molecule has 1 aliphatic rings. The van der Waals surface area contributed by atoms with Crippen molar-refractivity contribution < 1.29 is 0 Å². The third kappa shape index (κ3) is 1.34. The third-order valence-electron chi connectivity index (χ3n) is 1.45. The molecule has 0 radical (unpaired) electrons. The van der Waals surface area contributed by atoms with Gasteiger partial charge in [0.15, 0.2) is 0 Å². The Labute approximate surface area is 55.7 Å². The summed E-state index contributed by atoms with van der Waals surface area (Å²) in [6.45, 7) is 5.36. The number of hydrazone groups is 1. The van der Waals surface area contributed by atoms with Crippen molar-refractivity contribution >= 4 is 6.34 Å². The van der Waals surface area contributed by atoms with Crippen LogP contribution < -0.4 is 5.43 Å². The van der Waals surface area contributed by atoms with Crippen LogP contribution >= 0.6 is 0 Å². The van der Waals surface area contributed by atoms with Gasteiger partial charge in [0.25, 0.3) is 0 Å². The minimum atomic E-state index is 0.393. The van der Waals surface area contributed by atoms with Crippen LogP contribution in [0.15, 0.2) is 5.10 Å². The molecule has 9 heavy (non-hydrogen) atoms. The lowest BCUT2D eigenvalue weighted by Gasteiger charge is -2.18. The van der Waals surface area contributed by atoms with Crippen LogP contribution in [0.4, 0.5) is 0 Å². The summed E-state index contributed by atoms with van der Waals surface area (Å²) in [6.07, 6.45) is 3.43. The average Bonchev–Trinajstić information content (AvgIpc) is 2.18. The first-order chi connectivity index (χ1) is 4.34. The van der Waals surface area contributed by atoms with Gasteiger partial charge in [0.1, 0.15) is 12.5 Å². The van der Waals surface area contributed by atoms with Gasteiger partial charge in [-0.05, 0) is 13.3 Å². The van der Waals surface area contributed by atoms with E-state index in [0.717, 1.165) is 6.54 Å². The van der Waals surface area contributed by atoms with Crippen molar-refractivity contribution in [1.82, 2.24) is 10.3 Å². The minimum absolute atomic E-state index is 0.393. The van der Waals surface area contributed by atoms with Gasteiger partial charge in [0.05, 0.1) is 0 Å². The van der Waals surface area contributed by atoms with Crippen molar-refractivity contribution in [3.63, 3.8) is 0 Å². The maximum Gasteiger partial charge on any atom is 0.113 e. The molecule has 0 saturated heterocycles. The molecule has 1 heterocycles. The van der Waals surface area contributed by atoms with Crippen LogP contribution in [0.3, 0.4) is 0 Å². The summed E-state index contributed by atoms with van der Waals surface area (Å²) in [5.41, 5.74) is 2.95. The van der Waals surface area contributed by atoms with E-state index in [4.69, 9.17) is 0 Å². The number of nitrogens with one attached hydrogen (secondary N) is 1. The smallest absolute Gasteiger partial charge is 0.113 e. The highest BCUT2D eigenvalue weighted by molar-refractivity contribution is 5.56. The summed E-state index contributed by atoms with van der Waals surface area (Å²) in [7, 11) is 0. The van der Waals surface area contributed by atoms with Gasteiger partial charge in [0.2, 0.25) is 0 Å². The van der Waals surface area contributed by atoms with E-state index in [1.54, 1.807) is 0 Å². The average molecular weight is 127 g/mol. The maximum atomic E-state index is 3.92. The van der Waals surface area contributed by atoms with Crippen LogP contribution in [-0.4, -0.2) is 23.9 Å². The second-order valence-corrected chi connectivity index (χ2v) is 2.29. The van der Waals surface area contributed by atoms with Gasteiger partial charge in [-0.3, -0.25) is 5.43 Å². The summed E-state index contributed by atoms with van der Waals surface area (Å²) in [4.78, 5) is 2.18. The monoisotopic (exact) mass is 127 g/mol. The molecule has 1 aliphatic heterocycles. The highest BCUT2D eigenvalue weighted by atomic mass is 15.5. The zero-order chi connectivity index (χ0) is 6.69. The Morgan fingerprint density at radius 1 is 1.78 bits per heavy atom. The number of hydrogen-bond acceptors (Lipinski definition) is 3. The fourth-order valence-corrected chi connectivity index (χ4v) is 0.899. The van der Waals surface area contributed by atoms with E-state index in [-0.39, 0.29) is 0 Å². The molecule has 0 bridgehead atoms. The first kappa shape index (κ1) is 6.39. The van der Waals surface area contributed by atoms with Crippen molar-refractivity contribution in [1.29, 1.82) is 0 Å². The Morgan fingerprint density at radius 3 is 3.00 bits per heavy atom. The molecule has 52 valence electrons. The second kappa shape index (κ2) is 2.71. The molecule has 1 atom stereocenters. The van der Waals surface area contributed by atoms with Gasteiger partial charge < -0.3 is 4.90 Å². The predicted molar refractivity (Wildman–Crippen MR) is 38.1 cm³/mol. The Morgan fingerprint density at radius 2 is 2.56 bits per heavy atom. The Hall–Kier alpha value is -0.730. The van der Waals surface area contributed by atoms with Crippen LogP contribution in [-0.2, 0) is 0 Å². The van der Waals surface area contributed by atoms with E-state index in [2.05, 4.69) is 29.3 Å². The van der Waals surface area contributed by atoms with E-state index >= 15 is 0 Å². The Balaban J connectivity index is 2.31. The van der Waals surface area contributed by atoms with Crippen LogP contribution in [0.2, 0.25) is 0 Å². The molecule has 0 aromatic rings. The van der Waals surface area contributed by atoms with Crippen LogP contribution in [0.25, 0.3) is 0 Å². The van der Waals surface area contributed by atoms with Crippen LogP contribution in [0, 0.1) is 0 Å². The molecule has 0 fully saturated rings. The molecule has 1 rings (SSSR count). The number of nitrogens with zero attached hydrogens (tertiary/aromatic N) is 2. The Bertz CT molecular complexity index is 111. The molecule has 0 aromatic heterocycles. The van der Waals surface area contributed by atoms with Crippen LogP contribution in [0.1, 0.15) is 20.3 Å². The normalized spacial score (nSPS) is 24.7. The summed E-state index contributed by atoms with van der Waals surface area (Å²) < 4.78 is 0. The highest BCUT2D eigenvalue weighted by Crippen LogP contribution is 1.98. The maximum absolute atomic E-state index is 3.92. The Kier molecular flexibility index (Phi) is 1.92. The molecule has 1 unspecified atom stereocenters. The SMILES string of the molecule is CCCN1C=NNC1C. The minimum Gasteiger partial charge on any atom is -0.340 e. The van der Waals surface area contributed by atoms with Gasteiger partial charge in [0, 0.05) is 6.54 Å². The molecule has 0 amide bonds. The summed E-state index contributed by atoms with van der Waals surface area (Å²) >= 11 is 0. The number of hydrogen-bond donors (Lipinski definition) is 1. The molecule has 0 saturated carbocycles.